The average molecular weight is 457 g/mol. The van der Waals surface area contributed by atoms with Crippen LogP contribution in [-0.2, 0) is 11.2 Å². The van der Waals surface area contributed by atoms with Crippen LogP contribution in [0.15, 0.2) is 72.9 Å². The summed E-state index contributed by atoms with van der Waals surface area (Å²) in [6.07, 6.45) is 2.00. The Labute approximate surface area is 195 Å². The van der Waals surface area contributed by atoms with Crippen LogP contribution in [-0.4, -0.2) is 41.2 Å². The molecule has 1 unspecified atom stereocenters. The molecule has 1 aromatic heterocycles. The maximum Gasteiger partial charge on any atom is 0.252 e. The highest BCUT2D eigenvalue weighted by Gasteiger charge is 2.25. The third-order valence-electron chi connectivity index (χ3n) is 5.66. The first-order valence-corrected chi connectivity index (χ1v) is 10.9. The molecule has 172 valence electrons. The molecule has 34 heavy (non-hydrogen) atoms. The summed E-state index contributed by atoms with van der Waals surface area (Å²) < 4.78 is 11.3. The van der Waals surface area contributed by atoms with Crippen molar-refractivity contribution in [3.63, 3.8) is 0 Å². The average Bonchev–Trinajstić information content (AvgIpc) is 3.34. The van der Waals surface area contributed by atoms with Crippen LogP contribution in [0.1, 0.15) is 15.9 Å². The van der Waals surface area contributed by atoms with E-state index in [0.29, 0.717) is 36.0 Å². The summed E-state index contributed by atoms with van der Waals surface area (Å²) in [6.45, 7) is 0.822. The lowest BCUT2D eigenvalue weighted by atomic mass is 10.0. The summed E-state index contributed by atoms with van der Waals surface area (Å²) in [6, 6.07) is 18.1. The van der Waals surface area contributed by atoms with E-state index in [2.05, 4.69) is 15.6 Å². The van der Waals surface area contributed by atoms with Crippen LogP contribution >= 0.6 is 0 Å². The van der Waals surface area contributed by atoms with Gasteiger partial charge in [-0.05, 0) is 48.0 Å². The summed E-state index contributed by atoms with van der Waals surface area (Å²) in [4.78, 5) is 29.7. The van der Waals surface area contributed by atoms with Gasteiger partial charge in [0.05, 0.1) is 5.69 Å². The molecule has 1 aliphatic rings. The first kappa shape index (κ1) is 21.4. The van der Waals surface area contributed by atoms with Crippen molar-refractivity contribution < 1.29 is 24.2 Å². The van der Waals surface area contributed by atoms with Crippen molar-refractivity contribution in [1.82, 2.24) is 10.3 Å². The molecule has 0 spiro atoms. The lowest BCUT2D eigenvalue weighted by Crippen LogP contribution is -2.45. The number of fused-ring (bicyclic) bond motifs is 2. The molecule has 8 heteroatoms. The van der Waals surface area contributed by atoms with Crippen molar-refractivity contribution in [2.75, 3.05) is 18.5 Å². The van der Waals surface area contributed by atoms with Crippen LogP contribution in [0.2, 0.25) is 0 Å². The van der Waals surface area contributed by atoms with Crippen molar-refractivity contribution in [2.45, 2.75) is 12.5 Å². The van der Waals surface area contributed by atoms with E-state index in [1.807, 2.05) is 12.1 Å². The number of rotatable bonds is 6. The molecule has 1 atom stereocenters. The number of aromatic nitrogens is 1. The highest BCUT2D eigenvalue weighted by atomic mass is 16.6. The monoisotopic (exact) mass is 457 g/mol. The molecule has 4 N–H and O–H groups in total. The molecule has 1 aliphatic heterocycles. The van der Waals surface area contributed by atoms with Gasteiger partial charge >= 0.3 is 0 Å². The summed E-state index contributed by atoms with van der Waals surface area (Å²) in [5.41, 5.74) is 2.56. The molecular formula is C26H23N3O5. The lowest BCUT2D eigenvalue weighted by molar-refractivity contribution is -0.118. The van der Waals surface area contributed by atoms with Crippen molar-refractivity contribution in [3.8, 4) is 17.2 Å². The van der Waals surface area contributed by atoms with Gasteiger partial charge in [0.25, 0.3) is 5.91 Å². The van der Waals surface area contributed by atoms with Gasteiger partial charge in [0, 0.05) is 29.1 Å². The van der Waals surface area contributed by atoms with Crippen LogP contribution in [0, 0.1) is 0 Å². The Morgan fingerprint density at radius 3 is 2.62 bits per heavy atom. The summed E-state index contributed by atoms with van der Waals surface area (Å²) in [7, 11) is 0. The normalized spacial score (nSPS) is 13.3. The number of hydrogen-bond acceptors (Lipinski definition) is 5. The van der Waals surface area contributed by atoms with Gasteiger partial charge in [-0.1, -0.05) is 24.3 Å². The van der Waals surface area contributed by atoms with Gasteiger partial charge in [-0.3, -0.25) is 9.59 Å². The molecule has 0 saturated carbocycles. The fourth-order valence-electron chi connectivity index (χ4n) is 3.99. The van der Waals surface area contributed by atoms with Crippen LogP contribution in [0.3, 0.4) is 0 Å². The number of benzene rings is 3. The van der Waals surface area contributed by atoms with Gasteiger partial charge in [0.1, 0.15) is 25.0 Å². The SMILES string of the molecule is O=C(NC(Cc1ccc(O)cc1)C(=O)Nc1cccc2c1OCCO2)c1cccc2[nH]ccc12. The Bertz CT molecular complexity index is 1350. The zero-order valence-corrected chi connectivity index (χ0v) is 18.2. The van der Waals surface area contributed by atoms with Gasteiger partial charge in [0.2, 0.25) is 5.91 Å². The Morgan fingerprint density at radius 2 is 1.76 bits per heavy atom. The van der Waals surface area contributed by atoms with E-state index in [-0.39, 0.29) is 18.1 Å². The molecule has 2 heterocycles. The fourth-order valence-corrected chi connectivity index (χ4v) is 3.99. The largest absolute Gasteiger partial charge is 0.508 e. The molecule has 0 aliphatic carbocycles. The maximum absolute atomic E-state index is 13.4. The van der Waals surface area contributed by atoms with E-state index in [9.17, 15) is 14.7 Å². The smallest absolute Gasteiger partial charge is 0.252 e. The topological polar surface area (TPSA) is 113 Å². The molecule has 0 bridgehead atoms. The number of aromatic amines is 1. The maximum atomic E-state index is 13.4. The highest BCUT2D eigenvalue weighted by molar-refractivity contribution is 6.08. The first-order valence-electron chi connectivity index (χ1n) is 10.9. The molecule has 8 nitrogen and oxygen atoms in total. The predicted octanol–water partition coefficient (Wildman–Crippen LogP) is 3.62. The molecule has 0 radical (unpaired) electrons. The summed E-state index contributed by atoms with van der Waals surface area (Å²) >= 11 is 0. The van der Waals surface area contributed by atoms with Crippen molar-refractivity contribution in [1.29, 1.82) is 0 Å². The van der Waals surface area contributed by atoms with E-state index in [0.717, 1.165) is 16.5 Å². The quantitative estimate of drug-likeness (QED) is 0.353. The standard InChI is InChI=1S/C26H23N3O5/c30-17-9-7-16(8-10-17)15-22(29-25(31)19-3-1-4-20-18(19)11-12-27-20)26(32)28-21-5-2-6-23-24(21)34-14-13-33-23/h1-12,22,27,30H,13-15H2,(H,28,32)(H,29,31). The van der Waals surface area contributed by atoms with E-state index < -0.39 is 11.9 Å². The number of nitrogens with one attached hydrogen (secondary N) is 3. The predicted molar refractivity (Wildman–Crippen MR) is 127 cm³/mol. The number of amides is 2. The molecule has 4 aromatic rings. The number of ether oxygens (including phenoxy) is 2. The van der Waals surface area contributed by atoms with Crippen LogP contribution in [0.4, 0.5) is 5.69 Å². The minimum Gasteiger partial charge on any atom is -0.508 e. The Kier molecular flexibility index (Phi) is 5.78. The zero-order valence-electron chi connectivity index (χ0n) is 18.2. The Balaban J connectivity index is 1.42. The first-order chi connectivity index (χ1) is 16.6. The number of phenolic OH excluding ortho intramolecular Hbond substituents is 1. The van der Waals surface area contributed by atoms with Gasteiger partial charge in [-0.25, -0.2) is 0 Å². The molecule has 0 saturated heterocycles. The van der Waals surface area contributed by atoms with Crippen molar-refractivity contribution in [3.05, 3.63) is 84.1 Å². The number of carbonyl (C=O) groups excluding carboxylic acids is 2. The number of para-hydroxylation sites is 1. The van der Waals surface area contributed by atoms with Gasteiger partial charge in [0.15, 0.2) is 11.5 Å². The Hall–Kier alpha value is -4.46. The van der Waals surface area contributed by atoms with Gasteiger partial charge in [-0.15, -0.1) is 0 Å². The second-order valence-electron chi connectivity index (χ2n) is 7.96. The van der Waals surface area contributed by atoms with E-state index in [1.165, 1.54) is 0 Å². The highest BCUT2D eigenvalue weighted by Crippen LogP contribution is 2.37. The lowest BCUT2D eigenvalue weighted by Gasteiger charge is -2.23. The number of aromatic hydroxyl groups is 1. The van der Waals surface area contributed by atoms with E-state index in [4.69, 9.17) is 9.47 Å². The van der Waals surface area contributed by atoms with Crippen LogP contribution < -0.4 is 20.1 Å². The molecule has 5 rings (SSSR count). The third kappa shape index (κ3) is 4.38. The second-order valence-corrected chi connectivity index (χ2v) is 7.96. The number of carbonyl (C=O) groups is 2. The van der Waals surface area contributed by atoms with Gasteiger partial charge < -0.3 is 30.2 Å². The second kappa shape index (κ2) is 9.19. The van der Waals surface area contributed by atoms with Gasteiger partial charge in [-0.2, -0.15) is 0 Å². The fraction of sp³-hybridized carbons (Fsp3) is 0.154. The molecular weight excluding hydrogens is 434 g/mol. The van der Waals surface area contributed by atoms with Crippen LogP contribution in [0.5, 0.6) is 17.2 Å². The number of H-pyrrole nitrogens is 1. The summed E-state index contributed by atoms with van der Waals surface area (Å²) in [5.74, 6) is 0.390. The van der Waals surface area contributed by atoms with Crippen molar-refractivity contribution >= 4 is 28.4 Å². The van der Waals surface area contributed by atoms with E-state index in [1.54, 1.807) is 60.8 Å². The third-order valence-corrected chi connectivity index (χ3v) is 5.66. The van der Waals surface area contributed by atoms with Crippen LogP contribution in [0.25, 0.3) is 10.9 Å². The summed E-state index contributed by atoms with van der Waals surface area (Å²) in [5, 5.41) is 16.1. The Morgan fingerprint density at radius 1 is 0.971 bits per heavy atom. The van der Waals surface area contributed by atoms with E-state index >= 15 is 0 Å². The number of hydrogen-bond donors (Lipinski definition) is 4. The molecule has 0 fully saturated rings. The minimum absolute atomic E-state index is 0.126. The number of anilines is 1. The minimum atomic E-state index is -0.883. The zero-order chi connectivity index (χ0) is 23.5. The molecule has 2 amide bonds. The number of phenols is 1. The molecule has 3 aromatic carbocycles. The van der Waals surface area contributed by atoms with Crippen molar-refractivity contribution in [2.24, 2.45) is 0 Å².